The second-order valence-corrected chi connectivity index (χ2v) is 4.28. The molecule has 19 heavy (non-hydrogen) atoms. The van der Waals surface area contributed by atoms with E-state index in [-0.39, 0.29) is 13.0 Å². The van der Waals surface area contributed by atoms with Gasteiger partial charge in [0.05, 0.1) is 0 Å². The molecule has 2 rings (SSSR count). The monoisotopic (exact) mass is 252 g/mol. The molecule has 0 bridgehead atoms. The lowest BCUT2D eigenvalue weighted by atomic mass is 9.84. The number of aliphatic hydroxyl groups excluding tert-OH is 1. The van der Waals surface area contributed by atoms with E-state index in [0.29, 0.717) is 0 Å². The maximum absolute atomic E-state index is 11.0. The lowest BCUT2D eigenvalue weighted by Crippen LogP contribution is -2.26. The van der Waals surface area contributed by atoms with E-state index < -0.39 is 5.60 Å². The molecule has 0 amide bonds. The van der Waals surface area contributed by atoms with Crippen LogP contribution in [0, 0.1) is 11.8 Å². The molecule has 0 unspecified atom stereocenters. The van der Waals surface area contributed by atoms with Gasteiger partial charge in [-0.05, 0) is 11.1 Å². The molecule has 0 heterocycles. The lowest BCUT2D eigenvalue weighted by molar-refractivity contribution is 0.0864. The summed E-state index contributed by atoms with van der Waals surface area (Å²) < 4.78 is 0. The first kappa shape index (κ1) is 13.4. The molecule has 0 aliphatic rings. The molecule has 96 valence electrons. The Morgan fingerprint density at radius 3 is 1.68 bits per heavy atom. The molecule has 0 atom stereocenters. The van der Waals surface area contributed by atoms with Crippen LogP contribution < -0.4 is 0 Å². The molecule has 2 nitrogen and oxygen atoms in total. The summed E-state index contributed by atoms with van der Waals surface area (Å²) in [6.07, 6.45) is 0.252. The molecule has 0 aliphatic heterocycles. The van der Waals surface area contributed by atoms with E-state index in [4.69, 9.17) is 5.11 Å². The van der Waals surface area contributed by atoms with Crippen LogP contribution in [0.4, 0.5) is 0 Å². The number of rotatable bonds is 3. The van der Waals surface area contributed by atoms with Crippen LogP contribution in [0.5, 0.6) is 0 Å². The van der Waals surface area contributed by atoms with Crippen LogP contribution in [0.25, 0.3) is 0 Å². The highest BCUT2D eigenvalue weighted by atomic mass is 16.3. The van der Waals surface area contributed by atoms with Crippen molar-refractivity contribution in [3.05, 3.63) is 71.8 Å². The largest absolute Gasteiger partial charge is 0.384 e. The number of hydrogen-bond acceptors (Lipinski definition) is 2. The van der Waals surface area contributed by atoms with Crippen molar-refractivity contribution in [2.75, 3.05) is 6.61 Å². The van der Waals surface area contributed by atoms with Gasteiger partial charge in [-0.1, -0.05) is 72.5 Å². The molecule has 2 heteroatoms. The fraction of sp³-hybridized carbons (Fsp3) is 0.176. The molecule has 0 saturated heterocycles. The molecule has 0 fully saturated rings. The summed E-state index contributed by atoms with van der Waals surface area (Å²) in [7, 11) is 0. The Balaban J connectivity index is 2.44. The van der Waals surface area contributed by atoms with E-state index in [2.05, 4.69) is 11.8 Å². The molecule has 0 spiro atoms. The van der Waals surface area contributed by atoms with Gasteiger partial charge in [0, 0.05) is 6.42 Å². The molecule has 0 aromatic heterocycles. The molecule has 2 aromatic rings. The maximum Gasteiger partial charge on any atom is 0.125 e. The van der Waals surface area contributed by atoms with E-state index in [1.165, 1.54) is 0 Å². The standard InChI is InChI=1S/C17H16O2/c18-14-8-7-13-17(19,15-9-3-1-4-10-15)16-11-5-2-6-12-16/h1-6,9-12,18-19H,13-14H2. The van der Waals surface area contributed by atoms with Gasteiger partial charge in [0.25, 0.3) is 0 Å². The van der Waals surface area contributed by atoms with Crippen molar-refractivity contribution in [3.63, 3.8) is 0 Å². The van der Waals surface area contributed by atoms with Crippen molar-refractivity contribution in [2.45, 2.75) is 12.0 Å². The summed E-state index contributed by atoms with van der Waals surface area (Å²) in [5.74, 6) is 5.41. The topological polar surface area (TPSA) is 40.5 Å². The van der Waals surface area contributed by atoms with Crippen molar-refractivity contribution in [1.29, 1.82) is 0 Å². The first-order valence-electron chi connectivity index (χ1n) is 6.17. The number of hydrogen-bond donors (Lipinski definition) is 2. The summed E-state index contributed by atoms with van der Waals surface area (Å²) in [6.45, 7) is -0.195. The van der Waals surface area contributed by atoms with E-state index in [1.807, 2.05) is 60.7 Å². The van der Waals surface area contributed by atoms with Gasteiger partial charge in [-0.3, -0.25) is 0 Å². The van der Waals surface area contributed by atoms with Gasteiger partial charge in [-0.25, -0.2) is 0 Å². The smallest absolute Gasteiger partial charge is 0.125 e. The summed E-state index contributed by atoms with van der Waals surface area (Å²) in [5, 5.41) is 19.7. The molecule has 2 aromatic carbocycles. The average Bonchev–Trinajstić information content (AvgIpc) is 2.49. The van der Waals surface area contributed by atoms with Gasteiger partial charge in [0.15, 0.2) is 0 Å². The quantitative estimate of drug-likeness (QED) is 0.823. The first-order chi connectivity index (χ1) is 9.27. The summed E-state index contributed by atoms with van der Waals surface area (Å²) in [6, 6.07) is 18.9. The second-order valence-electron chi connectivity index (χ2n) is 4.28. The van der Waals surface area contributed by atoms with Gasteiger partial charge in [0.1, 0.15) is 12.2 Å². The molecule has 2 N–H and O–H groups in total. The zero-order valence-electron chi connectivity index (χ0n) is 10.6. The van der Waals surface area contributed by atoms with E-state index in [1.54, 1.807) is 0 Å². The van der Waals surface area contributed by atoms with Crippen molar-refractivity contribution in [1.82, 2.24) is 0 Å². The van der Waals surface area contributed by atoms with Crippen LogP contribution in [0.3, 0.4) is 0 Å². The van der Waals surface area contributed by atoms with Gasteiger partial charge in [0.2, 0.25) is 0 Å². The third-order valence-electron chi connectivity index (χ3n) is 3.05. The summed E-state index contributed by atoms with van der Waals surface area (Å²) >= 11 is 0. The summed E-state index contributed by atoms with van der Waals surface area (Å²) in [5.41, 5.74) is 0.451. The number of benzene rings is 2. The van der Waals surface area contributed by atoms with Crippen LogP contribution in [-0.2, 0) is 5.60 Å². The molecule has 0 saturated carbocycles. The third kappa shape index (κ3) is 3.03. The van der Waals surface area contributed by atoms with E-state index in [9.17, 15) is 5.11 Å². The first-order valence-corrected chi connectivity index (χ1v) is 6.17. The lowest BCUT2D eigenvalue weighted by Gasteiger charge is -2.27. The van der Waals surface area contributed by atoms with Gasteiger partial charge >= 0.3 is 0 Å². The Labute approximate surface area is 113 Å². The van der Waals surface area contributed by atoms with Gasteiger partial charge < -0.3 is 10.2 Å². The molecule has 0 radical (unpaired) electrons. The summed E-state index contributed by atoms with van der Waals surface area (Å²) in [4.78, 5) is 0. The Morgan fingerprint density at radius 2 is 1.26 bits per heavy atom. The minimum atomic E-state index is -1.15. The minimum Gasteiger partial charge on any atom is -0.384 e. The van der Waals surface area contributed by atoms with Crippen LogP contribution >= 0.6 is 0 Å². The minimum absolute atomic E-state index is 0.195. The fourth-order valence-corrected chi connectivity index (χ4v) is 2.04. The highest BCUT2D eigenvalue weighted by Gasteiger charge is 2.30. The number of aliphatic hydroxyl groups is 2. The van der Waals surface area contributed by atoms with Crippen LogP contribution in [0.15, 0.2) is 60.7 Å². The zero-order chi connectivity index (χ0) is 13.6. The van der Waals surface area contributed by atoms with E-state index >= 15 is 0 Å². The second kappa shape index (κ2) is 6.19. The van der Waals surface area contributed by atoms with Crippen molar-refractivity contribution in [3.8, 4) is 11.8 Å². The highest BCUT2D eigenvalue weighted by Crippen LogP contribution is 2.32. The van der Waals surface area contributed by atoms with Crippen LogP contribution in [0.1, 0.15) is 17.5 Å². The molecular weight excluding hydrogens is 236 g/mol. The molecule has 0 aliphatic carbocycles. The highest BCUT2D eigenvalue weighted by molar-refractivity contribution is 5.37. The van der Waals surface area contributed by atoms with Crippen molar-refractivity contribution >= 4 is 0 Å². The van der Waals surface area contributed by atoms with Gasteiger partial charge in [-0.15, -0.1) is 0 Å². The third-order valence-corrected chi connectivity index (χ3v) is 3.05. The Kier molecular flexibility index (Phi) is 4.35. The predicted octanol–water partition coefficient (Wildman–Crippen LogP) is 2.31. The SMILES string of the molecule is OCC#CCC(O)(c1ccccc1)c1ccccc1. The zero-order valence-corrected chi connectivity index (χ0v) is 10.6. The fourth-order valence-electron chi connectivity index (χ4n) is 2.04. The Hall–Kier alpha value is -2.08. The van der Waals surface area contributed by atoms with Crippen molar-refractivity contribution < 1.29 is 10.2 Å². The Morgan fingerprint density at radius 1 is 0.789 bits per heavy atom. The predicted molar refractivity (Wildman–Crippen MR) is 75.4 cm³/mol. The maximum atomic E-state index is 11.0. The van der Waals surface area contributed by atoms with Gasteiger partial charge in [-0.2, -0.15) is 0 Å². The van der Waals surface area contributed by atoms with Crippen LogP contribution in [-0.4, -0.2) is 16.8 Å². The molecular formula is C17H16O2. The normalized spacial score (nSPS) is 10.6. The Bertz CT molecular complexity index is 525. The van der Waals surface area contributed by atoms with Crippen molar-refractivity contribution in [2.24, 2.45) is 0 Å². The van der Waals surface area contributed by atoms with Crippen LogP contribution in [0.2, 0.25) is 0 Å². The van der Waals surface area contributed by atoms with E-state index in [0.717, 1.165) is 11.1 Å². The average molecular weight is 252 g/mol.